The molecule has 0 atom stereocenters. The number of carbonyl (C=O) groups excluding carboxylic acids is 1. The monoisotopic (exact) mass is 282 g/mol. The van der Waals surface area contributed by atoms with Crippen molar-refractivity contribution >= 4 is 5.97 Å². The number of hydrogen-bond donors (Lipinski definition) is 0. The van der Waals surface area contributed by atoms with Crippen LogP contribution in [0.3, 0.4) is 0 Å². The van der Waals surface area contributed by atoms with Crippen LogP contribution >= 0.6 is 0 Å². The normalized spacial score (nSPS) is 10.5. The second-order valence-corrected chi connectivity index (χ2v) is 4.38. The lowest BCUT2D eigenvalue weighted by Gasteiger charge is -2.11. The molecule has 3 heteroatoms. The second-order valence-electron chi connectivity index (χ2n) is 4.38. The lowest BCUT2D eigenvalue weighted by molar-refractivity contribution is -0.138. The first-order valence-electron chi connectivity index (χ1n) is 6.88. The molecule has 0 spiro atoms. The highest BCUT2D eigenvalue weighted by Crippen LogP contribution is 2.29. The van der Waals surface area contributed by atoms with E-state index in [9.17, 15) is 4.79 Å². The van der Waals surface area contributed by atoms with Crippen LogP contribution in [0.5, 0.6) is 5.75 Å². The molecular weight excluding hydrogens is 264 g/mol. The van der Waals surface area contributed by atoms with Crippen molar-refractivity contribution in [1.29, 1.82) is 0 Å². The molecule has 2 aromatic rings. The fourth-order valence-corrected chi connectivity index (χ4v) is 1.93. The number of benzene rings is 2. The number of ether oxygens (including phenoxy) is 2. The SMILES string of the molecule is C/C=C\C(=O)OCCOc1ccccc1-c1ccccc1. The predicted octanol–water partition coefficient (Wildman–Crippen LogP) is 3.85. The zero-order valence-corrected chi connectivity index (χ0v) is 12.0. The van der Waals surface area contributed by atoms with Gasteiger partial charge in [-0.15, -0.1) is 0 Å². The van der Waals surface area contributed by atoms with E-state index in [2.05, 4.69) is 0 Å². The summed E-state index contributed by atoms with van der Waals surface area (Å²) in [6.07, 6.45) is 3.03. The van der Waals surface area contributed by atoms with Crippen LogP contribution in [0.25, 0.3) is 11.1 Å². The van der Waals surface area contributed by atoms with Gasteiger partial charge in [0.25, 0.3) is 0 Å². The van der Waals surface area contributed by atoms with E-state index in [4.69, 9.17) is 9.47 Å². The fourth-order valence-electron chi connectivity index (χ4n) is 1.93. The van der Waals surface area contributed by atoms with Gasteiger partial charge in [-0.25, -0.2) is 4.79 Å². The standard InChI is InChI=1S/C18H18O3/c1-2-8-18(19)21-14-13-20-17-12-7-6-11-16(17)15-9-4-3-5-10-15/h2-12H,13-14H2,1H3/b8-2-. The summed E-state index contributed by atoms with van der Waals surface area (Å²) in [6, 6.07) is 17.9. The van der Waals surface area contributed by atoms with E-state index in [1.54, 1.807) is 13.0 Å². The number of para-hydroxylation sites is 1. The Balaban J connectivity index is 1.97. The molecule has 0 amide bonds. The van der Waals surface area contributed by atoms with Gasteiger partial charge in [0.2, 0.25) is 0 Å². The summed E-state index contributed by atoms with van der Waals surface area (Å²) in [4.78, 5) is 11.2. The number of esters is 1. The topological polar surface area (TPSA) is 35.5 Å². The molecule has 0 aliphatic heterocycles. The van der Waals surface area contributed by atoms with Gasteiger partial charge in [-0.2, -0.15) is 0 Å². The van der Waals surface area contributed by atoms with Crippen LogP contribution in [0.1, 0.15) is 6.92 Å². The van der Waals surface area contributed by atoms with Gasteiger partial charge in [-0.05, 0) is 18.6 Å². The Morgan fingerprint density at radius 2 is 1.71 bits per heavy atom. The summed E-state index contributed by atoms with van der Waals surface area (Å²) in [5.41, 5.74) is 2.12. The Labute approximate surface area is 124 Å². The molecule has 0 saturated heterocycles. The molecule has 0 N–H and O–H groups in total. The molecule has 0 fully saturated rings. The van der Waals surface area contributed by atoms with Crippen molar-refractivity contribution in [2.75, 3.05) is 13.2 Å². The van der Waals surface area contributed by atoms with Crippen LogP contribution in [-0.4, -0.2) is 19.2 Å². The molecule has 0 unspecified atom stereocenters. The molecule has 0 aromatic heterocycles. The maximum absolute atomic E-state index is 11.2. The zero-order valence-electron chi connectivity index (χ0n) is 12.0. The van der Waals surface area contributed by atoms with Gasteiger partial charge in [0, 0.05) is 11.6 Å². The van der Waals surface area contributed by atoms with Crippen molar-refractivity contribution < 1.29 is 14.3 Å². The molecule has 2 aromatic carbocycles. The van der Waals surface area contributed by atoms with Crippen LogP contribution in [-0.2, 0) is 9.53 Å². The fraction of sp³-hybridized carbons (Fsp3) is 0.167. The van der Waals surface area contributed by atoms with Crippen molar-refractivity contribution in [2.45, 2.75) is 6.92 Å². The first-order chi connectivity index (χ1) is 10.3. The van der Waals surface area contributed by atoms with Crippen LogP contribution in [0.15, 0.2) is 66.7 Å². The third kappa shape index (κ3) is 4.49. The number of hydrogen-bond acceptors (Lipinski definition) is 3. The molecule has 2 rings (SSSR count). The third-order valence-electron chi connectivity index (χ3n) is 2.86. The molecule has 3 nitrogen and oxygen atoms in total. The second kappa shape index (κ2) is 7.90. The van der Waals surface area contributed by atoms with Crippen molar-refractivity contribution in [3.05, 3.63) is 66.7 Å². The molecular formula is C18H18O3. The van der Waals surface area contributed by atoms with E-state index in [0.717, 1.165) is 16.9 Å². The van der Waals surface area contributed by atoms with Crippen molar-refractivity contribution in [3.63, 3.8) is 0 Å². The van der Waals surface area contributed by atoms with Crippen LogP contribution in [0, 0.1) is 0 Å². The summed E-state index contributed by atoms with van der Waals surface area (Å²) < 4.78 is 10.7. The van der Waals surface area contributed by atoms with Gasteiger partial charge in [0.15, 0.2) is 0 Å². The van der Waals surface area contributed by atoms with Crippen LogP contribution < -0.4 is 4.74 Å². The Bertz CT molecular complexity index is 603. The van der Waals surface area contributed by atoms with E-state index in [1.807, 2.05) is 54.6 Å². The predicted molar refractivity (Wildman–Crippen MR) is 83.1 cm³/mol. The minimum Gasteiger partial charge on any atom is -0.489 e. The molecule has 0 radical (unpaired) electrons. The van der Waals surface area contributed by atoms with Gasteiger partial charge in [0.05, 0.1) is 0 Å². The Morgan fingerprint density at radius 3 is 2.48 bits per heavy atom. The summed E-state index contributed by atoms with van der Waals surface area (Å²) in [5, 5.41) is 0. The summed E-state index contributed by atoms with van der Waals surface area (Å²) in [5.74, 6) is 0.434. The molecule has 0 heterocycles. The average molecular weight is 282 g/mol. The average Bonchev–Trinajstić information content (AvgIpc) is 2.53. The quantitative estimate of drug-likeness (QED) is 0.458. The summed E-state index contributed by atoms with van der Waals surface area (Å²) >= 11 is 0. The van der Waals surface area contributed by atoms with E-state index in [1.165, 1.54) is 6.08 Å². The van der Waals surface area contributed by atoms with E-state index in [-0.39, 0.29) is 12.6 Å². The maximum atomic E-state index is 11.2. The minimum absolute atomic E-state index is 0.228. The van der Waals surface area contributed by atoms with Gasteiger partial charge >= 0.3 is 5.97 Å². The number of allylic oxidation sites excluding steroid dienone is 1. The van der Waals surface area contributed by atoms with Gasteiger partial charge < -0.3 is 9.47 Å². The lowest BCUT2D eigenvalue weighted by Crippen LogP contribution is -2.10. The van der Waals surface area contributed by atoms with Crippen LogP contribution in [0.4, 0.5) is 0 Å². The Hall–Kier alpha value is -2.55. The van der Waals surface area contributed by atoms with Crippen LogP contribution in [0.2, 0.25) is 0 Å². The molecule has 0 bridgehead atoms. The van der Waals surface area contributed by atoms with Gasteiger partial charge in [-0.3, -0.25) is 0 Å². The minimum atomic E-state index is -0.350. The van der Waals surface area contributed by atoms with Crippen molar-refractivity contribution in [3.8, 4) is 16.9 Å². The Kier molecular flexibility index (Phi) is 5.59. The zero-order chi connectivity index (χ0) is 14.9. The van der Waals surface area contributed by atoms with E-state index < -0.39 is 0 Å². The molecule has 108 valence electrons. The third-order valence-corrected chi connectivity index (χ3v) is 2.86. The van der Waals surface area contributed by atoms with Crippen molar-refractivity contribution in [1.82, 2.24) is 0 Å². The first kappa shape index (κ1) is 14.9. The number of carbonyl (C=O) groups is 1. The summed E-state index contributed by atoms with van der Waals surface area (Å²) in [7, 11) is 0. The number of rotatable bonds is 6. The first-order valence-corrected chi connectivity index (χ1v) is 6.88. The summed E-state index contributed by atoms with van der Waals surface area (Å²) in [6.45, 7) is 2.33. The largest absolute Gasteiger partial charge is 0.489 e. The molecule has 0 aliphatic rings. The van der Waals surface area contributed by atoms with Gasteiger partial charge in [-0.1, -0.05) is 54.6 Å². The molecule has 21 heavy (non-hydrogen) atoms. The van der Waals surface area contributed by atoms with Gasteiger partial charge in [0.1, 0.15) is 19.0 Å². The molecule has 0 aliphatic carbocycles. The smallest absolute Gasteiger partial charge is 0.330 e. The highest BCUT2D eigenvalue weighted by atomic mass is 16.6. The molecule has 0 saturated carbocycles. The maximum Gasteiger partial charge on any atom is 0.330 e. The highest BCUT2D eigenvalue weighted by Gasteiger charge is 2.05. The van der Waals surface area contributed by atoms with Crippen molar-refractivity contribution in [2.24, 2.45) is 0 Å². The Morgan fingerprint density at radius 1 is 1.00 bits per heavy atom. The van der Waals surface area contributed by atoms with E-state index in [0.29, 0.717) is 6.61 Å². The highest BCUT2D eigenvalue weighted by molar-refractivity contribution is 5.81. The lowest BCUT2D eigenvalue weighted by atomic mass is 10.1. The van der Waals surface area contributed by atoms with E-state index >= 15 is 0 Å².